The maximum Gasteiger partial charge on any atom is 0.408 e. The van der Waals surface area contributed by atoms with Crippen LogP contribution in [0.2, 0.25) is 0 Å². The first-order valence-corrected chi connectivity index (χ1v) is 13.1. The molecule has 0 spiro atoms. The van der Waals surface area contributed by atoms with Gasteiger partial charge in [-0.15, -0.1) is 0 Å². The van der Waals surface area contributed by atoms with Crippen molar-refractivity contribution in [3.8, 4) is 0 Å². The van der Waals surface area contributed by atoms with E-state index in [1.165, 1.54) is 11.1 Å². The Balaban J connectivity index is 1.42. The summed E-state index contributed by atoms with van der Waals surface area (Å²) in [7, 11) is 0. The molecule has 2 aromatic rings. The van der Waals surface area contributed by atoms with Gasteiger partial charge in [0.1, 0.15) is 11.6 Å². The Kier molecular flexibility index (Phi) is 8.00. The van der Waals surface area contributed by atoms with Crippen LogP contribution in [0.4, 0.5) is 4.79 Å². The molecule has 0 aliphatic carbocycles. The first-order chi connectivity index (χ1) is 17.6. The van der Waals surface area contributed by atoms with E-state index in [-0.39, 0.29) is 29.9 Å². The van der Waals surface area contributed by atoms with Crippen LogP contribution >= 0.6 is 0 Å². The molecule has 0 saturated carbocycles. The van der Waals surface area contributed by atoms with Crippen LogP contribution in [0, 0.1) is 0 Å². The minimum absolute atomic E-state index is 0.0393. The first kappa shape index (κ1) is 26.5. The SMILES string of the molecule is CC(NC(=O)OC(C)(C)C)C(=O)NC(C=CC(=O)N1C2CCC1c1ccccc12)CCc1ccccc1. The molecule has 2 N–H and O–H groups in total. The van der Waals surface area contributed by atoms with Crippen LogP contribution in [0.25, 0.3) is 0 Å². The standard InChI is InChI=1S/C30H37N3O4/c1-20(31-29(36)37-30(2,3)4)28(35)32-22(15-14-21-10-6-5-7-11-21)16-19-27(34)33-25-17-18-26(33)24-13-9-8-12-23(24)25/h5-13,16,19-20,22,25-26H,14-15,17-18H2,1-4H3,(H,31,36)(H,32,35). The summed E-state index contributed by atoms with van der Waals surface area (Å²) in [4.78, 5) is 40.3. The monoisotopic (exact) mass is 503 g/mol. The van der Waals surface area contributed by atoms with Gasteiger partial charge in [0.2, 0.25) is 11.8 Å². The Morgan fingerprint density at radius 3 is 2.16 bits per heavy atom. The van der Waals surface area contributed by atoms with Crippen molar-refractivity contribution in [1.29, 1.82) is 0 Å². The lowest BCUT2D eigenvalue weighted by molar-refractivity contribution is -0.128. The van der Waals surface area contributed by atoms with E-state index in [0.717, 1.165) is 24.8 Å². The third kappa shape index (κ3) is 6.59. The number of aryl methyl sites for hydroxylation is 1. The molecular weight excluding hydrogens is 466 g/mol. The predicted molar refractivity (Wildman–Crippen MR) is 143 cm³/mol. The van der Waals surface area contributed by atoms with E-state index in [1.54, 1.807) is 39.8 Å². The molecule has 7 heteroatoms. The van der Waals surface area contributed by atoms with Crippen LogP contribution in [0.5, 0.6) is 0 Å². The van der Waals surface area contributed by atoms with Gasteiger partial charge in [0, 0.05) is 12.1 Å². The fourth-order valence-corrected chi connectivity index (χ4v) is 5.17. The molecule has 3 amide bonds. The minimum Gasteiger partial charge on any atom is -0.444 e. The van der Waals surface area contributed by atoms with Crippen molar-refractivity contribution in [2.75, 3.05) is 0 Å². The van der Waals surface area contributed by atoms with Crippen molar-refractivity contribution < 1.29 is 19.1 Å². The number of benzene rings is 2. The van der Waals surface area contributed by atoms with Gasteiger partial charge in [-0.1, -0.05) is 60.7 Å². The zero-order chi connectivity index (χ0) is 26.6. The highest BCUT2D eigenvalue weighted by molar-refractivity contribution is 5.90. The zero-order valence-corrected chi connectivity index (χ0v) is 22.1. The van der Waals surface area contributed by atoms with E-state index >= 15 is 0 Å². The molecule has 4 rings (SSSR count). The molecule has 2 heterocycles. The maximum atomic E-state index is 13.3. The second-order valence-electron chi connectivity index (χ2n) is 10.8. The Bertz CT molecular complexity index is 1120. The lowest BCUT2D eigenvalue weighted by atomic mass is 9.92. The first-order valence-electron chi connectivity index (χ1n) is 13.1. The number of hydrogen-bond acceptors (Lipinski definition) is 4. The van der Waals surface area contributed by atoms with E-state index in [0.29, 0.717) is 6.42 Å². The van der Waals surface area contributed by atoms with Crippen molar-refractivity contribution in [2.45, 2.75) is 83.1 Å². The number of hydrogen-bond donors (Lipinski definition) is 2. The van der Waals surface area contributed by atoms with Crippen LogP contribution in [-0.4, -0.2) is 40.5 Å². The van der Waals surface area contributed by atoms with Crippen molar-refractivity contribution in [3.63, 3.8) is 0 Å². The summed E-state index contributed by atoms with van der Waals surface area (Å²) in [5.41, 5.74) is 2.98. The van der Waals surface area contributed by atoms with E-state index in [2.05, 4.69) is 22.8 Å². The van der Waals surface area contributed by atoms with Gasteiger partial charge in [0.25, 0.3) is 0 Å². The fourth-order valence-electron chi connectivity index (χ4n) is 5.17. The summed E-state index contributed by atoms with van der Waals surface area (Å²) in [5, 5.41) is 5.57. The molecule has 2 aliphatic heterocycles. The normalized spacial score (nSPS) is 19.8. The summed E-state index contributed by atoms with van der Waals surface area (Å²) in [6.07, 6.45) is 6.03. The average molecular weight is 504 g/mol. The fraction of sp³-hybridized carbons (Fsp3) is 0.433. The molecule has 0 aromatic heterocycles. The van der Waals surface area contributed by atoms with Crippen molar-refractivity contribution in [2.24, 2.45) is 0 Å². The molecule has 0 radical (unpaired) electrons. The second kappa shape index (κ2) is 11.2. The van der Waals surface area contributed by atoms with E-state index in [1.807, 2.05) is 47.4 Å². The lowest BCUT2D eigenvalue weighted by Gasteiger charge is -2.23. The summed E-state index contributed by atoms with van der Waals surface area (Å²) in [6.45, 7) is 6.92. The molecule has 1 fully saturated rings. The van der Waals surface area contributed by atoms with Crippen molar-refractivity contribution in [1.82, 2.24) is 15.5 Å². The highest BCUT2D eigenvalue weighted by Crippen LogP contribution is 2.52. The third-order valence-electron chi connectivity index (χ3n) is 6.87. The van der Waals surface area contributed by atoms with Crippen molar-refractivity contribution >= 4 is 17.9 Å². The molecule has 2 aliphatic rings. The summed E-state index contributed by atoms with van der Waals surface area (Å²) >= 11 is 0. The Morgan fingerprint density at radius 1 is 0.973 bits per heavy atom. The Morgan fingerprint density at radius 2 is 1.57 bits per heavy atom. The van der Waals surface area contributed by atoms with Gasteiger partial charge in [0.05, 0.1) is 12.1 Å². The number of nitrogens with zero attached hydrogens (tertiary/aromatic N) is 1. The van der Waals surface area contributed by atoms with E-state index in [9.17, 15) is 14.4 Å². The molecule has 4 atom stereocenters. The third-order valence-corrected chi connectivity index (χ3v) is 6.87. The van der Waals surface area contributed by atoms with Gasteiger partial charge >= 0.3 is 6.09 Å². The van der Waals surface area contributed by atoms with Gasteiger partial charge in [0.15, 0.2) is 0 Å². The highest BCUT2D eigenvalue weighted by Gasteiger charge is 2.45. The number of carbonyl (C=O) groups excluding carboxylic acids is 3. The van der Waals surface area contributed by atoms with Crippen LogP contribution in [0.1, 0.15) is 75.7 Å². The quantitative estimate of drug-likeness (QED) is 0.497. The molecule has 4 unspecified atom stereocenters. The molecular formula is C30H37N3O4. The smallest absolute Gasteiger partial charge is 0.408 e. The van der Waals surface area contributed by atoms with Gasteiger partial charge in [-0.2, -0.15) is 0 Å². The molecule has 37 heavy (non-hydrogen) atoms. The van der Waals surface area contributed by atoms with Gasteiger partial charge < -0.3 is 20.3 Å². The topological polar surface area (TPSA) is 87.7 Å². The van der Waals surface area contributed by atoms with Gasteiger partial charge in [-0.3, -0.25) is 9.59 Å². The number of alkyl carbamates (subject to hydrolysis) is 1. The van der Waals surface area contributed by atoms with Gasteiger partial charge in [-0.05, 0) is 70.1 Å². The van der Waals surface area contributed by atoms with Crippen LogP contribution in [-0.2, 0) is 20.7 Å². The number of amides is 3. The average Bonchev–Trinajstić information content (AvgIpc) is 3.42. The highest BCUT2D eigenvalue weighted by atomic mass is 16.6. The number of rotatable bonds is 8. The summed E-state index contributed by atoms with van der Waals surface area (Å²) < 4.78 is 5.26. The number of ether oxygens (including phenoxy) is 1. The van der Waals surface area contributed by atoms with Crippen LogP contribution in [0.15, 0.2) is 66.7 Å². The summed E-state index contributed by atoms with van der Waals surface area (Å²) in [6, 6.07) is 17.4. The van der Waals surface area contributed by atoms with E-state index < -0.39 is 17.7 Å². The van der Waals surface area contributed by atoms with Crippen molar-refractivity contribution in [3.05, 3.63) is 83.4 Å². The molecule has 1 saturated heterocycles. The van der Waals surface area contributed by atoms with Gasteiger partial charge in [-0.25, -0.2) is 4.79 Å². The number of fused-ring (bicyclic) bond motifs is 5. The molecule has 2 bridgehead atoms. The maximum absolute atomic E-state index is 13.3. The Hall–Kier alpha value is -3.61. The molecule has 196 valence electrons. The molecule has 7 nitrogen and oxygen atoms in total. The minimum atomic E-state index is -0.790. The second-order valence-corrected chi connectivity index (χ2v) is 10.8. The largest absolute Gasteiger partial charge is 0.444 e. The summed E-state index contributed by atoms with van der Waals surface area (Å²) in [5.74, 6) is -0.378. The van der Waals surface area contributed by atoms with Crippen LogP contribution in [0.3, 0.4) is 0 Å². The zero-order valence-electron chi connectivity index (χ0n) is 22.1. The van der Waals surface area contributed by atoms with Crippen LogP contribution < -0.4 is 10.6 Å². The number of carbonyl (C=O) groups is 3. The van der Waals surface area contributed by atoms with E-state index in [4.69, 9.17) is 4.74 Å². The Labute approximate surface area is 219 Å². The number of nitrogens with one attached hydrogen (secondary N) is 2. The lowest BCUT2D eigenvalue weighted by Crippen LogP contribution is -2.49. The molecule has 2 aromatic carbocycles. The predicted octanol–water partition coefficient (Wildman–Crippen LogP) is 4.99.